The van der Waals surface area contributed by atoms with Gasteiger partial charge < -0.3 is 4.74 Å². The number of carbonyl (C=O) groups excluding carboxylic acids is 1. The van der Waals surface area contributed by atoms with Gasteiger partial charge in [0.2, 0.25) is 5.43 Å². The van der Waals surface area contributed by atoms with Gasteiger partial charge in [0.1, 0.15) is 0 Å². The molecule has 0 bridgehead atoms. The second-order valence-corrected chi connectivity index (χ2v) is 5.59. The molecule has 7 nitrogen and oxygen atoms in total. The predicted octanol–water partition coefficient (Wildman–Crippen LogP) is 1.73. The molecule has 126 valence electrons. The number of rotatable bonds is 4. The van der Waals surface area contributed by atoms with Crippen LogP contribution >= 0.6 is 0 Å². The summed E-state index contributed by atoms with van der Waals surface area (Å²) in [6.07, 6.45) is 2.18. The van der Waals surface area contributed by atoms with Gasteiger partial charge in [0.25, 0.3) is 5.91 Å². The van der Waals surface area contributed by atoms with E-state index in [9.17, 15) is 9.59 Å². The van der Waals surface area contributed by atoms with E-state index in [-0.39, 0.29) is 5.69 Å². The molecule has 3 rings (SSSR count). The van der Waals surface area contributed by atoms with Gasteiger partial charge in [-0.25, -0.2) is 15.0 Å². The van der Waals surface area contributed by atoms with Crippen molar-refractivity contribution in [3.05, 3.63) is 58.0 Å². The summed E-state index contributed by atoms with van der Waals surface area (Å²) in [5.41, 5.74) is 3.00. The average molecular weight is 329 g/mol. The van der Waals surface area contributed by atoms with Crippen molar-refractivity contribution >= 4 is 5.91 Å². The molecule has 1 aromatic carbocycles. The van der Waals surface area contributed by atoms with Crippen LogP contribution in [0.3, 0.4) is 0 Å². The smallest absolute Gasteiger partial charge is 0.299 e. The summed E-state index contributed by atoms with van der Waals surface area (Å²) in [4.78, 5) is 29.5. The zero-order valence-corrected chi connectivity index (χ0v) is 13.4. The van der Waals surface area contributed by atoms with Gasteiger partial charge in [0.15, 0.2) is 12.0 Å². The van der Waals surface area contributed by atoms with Gasteiger partial charge in [-0.3, -0.25) is 9.59 Å². The molecule has 0 aliphatic carbocycles. The lowest BCUT2D eigenvalue weighted by Crippen LogP contribution is -2.36. The van der Waals surface area contributed by atoms with Gasteiger partial charge in [-0.2, -0.15) is 5.10 Å². The summed E-state index contributed by atoms with van der Waals surface area (Å²) >= 11 is 0. The lowest BCUT2D eigenvalue weighted by atomic mass is 10.2. The Balaban J connectivity index is 1.79. The van der Waals surface area contributed by atoms with Crippen molar-refractivity contribution in [3.63, 3.8) is 0 Å². The van der Waals surface area contributed by atoms with Gasteiger partial charge in [-0.15, -0.1) is 0 Å². The van der Waals surface area contributed by atoms with Crippen LogP contribution in [0.15, 0.2) is 41.2 Å². The topological polar surface area (TPSA) is 82.5 Å². The van der Waals surface area contributed by atoms with Crippen LogP contribution in [-0.2, 0) is 9.57 Å². The van der Waals surface area contributed by atoms with Crippen molar-refractivity contribution in [2.45, 2.75) is 32.5 Å². The maximum absolute atomic E-state index is 12.2. The number of hydrogen-bond acceptors (Lipinski definition) is 5. The van der Waals surface area contributed by atoms with Crippen LogP contribution in [0.25, 0.3) is 5.69 Å². The van der Waals surface area contributed by atoms with Crippen molar-refractivity contribution in [1.29, 1.82) is 0 Å². The van der Waals surface area contributed by atoms with Crippen molar-refractivity contribution in [3.8, 4) is 5.69 Å². The van der Waals surface area contributed by atoms with Gasteiger partial charge in [-0.05, 0) is 31.9 Å². The van der Waals surface area contributed by atoms with E-state index in [4.69, 9.17) is 9.57 Å². The Morgan fingerprint density at radius 1 is 1.33 bits per heavy atom. The predicted molar refractivity (Wildman–Crippen MR) is 86.7 cm³/mol. The first kappa shape index (κ1) is 16.4. The molecule has 2 aromatic rings. The van der Waals surface area contributed by atoms with E-state index in [0.717, 1.165) is 18.5 Å². The number of amides is 1. The third-order valence-electron chi connectivity index (χ3n) is 3.74. The van der Waals surface area contributed by atoms with Gasteiger partial charge in [-0.1, -0.05) is 18.2 Å². The van der Waals surface area contributed by atoms with Crippen LogP contribution in [0.2, 0.25) is 0 Å². The van der Waals surface area contributed by atoms with E-state index < -0.39 is 17.6 Å². The summed E-state index contributed by atoms with van der Waals surface area (Å²) in [5.74, 6) is -0.682. The molecule has 0 radical (unpaired) electrons. The van der Waals surface area contributed by atoms with Crippen LogP contribution < -0.4 is 10.9 Å². The molecule has 1 aromatic heterocycles. The van der Waals surface area contributed by atoms with Crippen molar-refractivity contribution < 1.29 is 14.4 Å². The zero-order chi connectivity index (χ0) is 16.9. The van der Waals surface area contributed by atoms with E-state index in [1.807, 2.05) is 30.3 Å². The van der Waals surface area contributed by atoms with E-state index in [2.05, 4.69) is 10.6 Å². The number of benzene rings is 1. The summed E-state index contributed by atoms with van der Waals surface area (Å²) in [6, 6.07) is 10.7. The van der Waals surface area contributed by atoms with Crippen molar-refractivity contribution in [2.24, 2.45) is 0 Å². The Hall–Kier alpha value is -2.51. The number of aromatic nitrogens is 2. The standard InChI is InChI=1S/C17H19N3O4/c1-12-11-14(21)16(18-20(12)13-7-3-2-4-8-13)17(22)19-24-15-9-5-6-10-23-15/h2-4,7-8,11,15H,5-6,9-10H2,1H3,(H,19,22)/t15-/m1/s1. The molecule has 24 heavy (non-hydrogen) atoms. The maximum atomic E-state index is 12.2. The van der Waals surface area contributed by atoms with E-state index in [1.54, 1.807) is 11.6 Å². The summed E-state index contributed by atoms with van der Waals surface area (Å²) in [6.45, 7) is 2.36. The molecule has 0 saturated carbocycles. The maximum Gasteiger partial charge on any atom is 0.299 e. The molecule has 1 fully saturated rings. The first-order chi connectivity index (χ1) is 11.6. The molecule has 1 saturated heterocycles. The summed E-state index contributed by atoms with van der Waals surface area (Å²) in [7, 11) is 0. The molecule has 2 heterocycles. The highest BCUT2D eigenvalue weighted by atomic mass is 16.8. The third-order valence-corrected chi connectivity index (χ3v) is 3.74. The number of hydrogen-bond donors (Lipinski definition) is 1. The largest absolute Gasteiger partial charge is 0.350 e. The highest BCUT2D eigenvalue weighted by Gasteiger charge is 2.19. The van der Waals surface area contributed by atoms with E-state index >= 15 is 0 Å². The number of carbonyl (C=O) groups is 1. The lowest BCUT2D eigenvalue weighted by Gasteiger charge is -2.22. The SMILES string of the molecule is Cc1cc(=O)c(C(=O)NO[C@@H]2CCCCO2)nn1-c1ccccc1. The number of para-hydroxylation sites is 1. The summed E-state index contributed by atoms with van der Waals surface area (Å²) in [5, 5.41) is 4.18. The second-order valence-electron chi connectivity index (χ2n) is 5.59. The van der Waals surface area contributed by atoms with Crippen LogP contribution in [-0.4, -0.2) is 28.6 Å². The van der Waals surface area contributed by atoms with Crippen molar-refractivity contribution in [2.75, 3.05) is 6.61 Å². The van der Waals surface area contributed by atoms with Crippen LogP contribution in [0, 0.1) is 6.92 Å². The highest BCUT2D eigenvalue weighted by Crippen LogP contribution is 2.12. The van der Waals surface area contributed by atoms with E-state index in [0.29, 0.717) is 18.7 Å². The fraction of sp³-hybridized carbons (Fsp3) is 0.353. The molecule has 1 atom stereocenters. The first-order valence-electron chi connectivity index (χ1n) is 7.89. The fourth-order valence-electron chi connectivity index (χ4n) is 2.51. The Labute approximate surface area is 139 Å². The minimum atomic E-state index is -0.682. The normalized spacial score (nSPS) is 17.5. The molecule has 0 unspecified atom stereocenters. The Kier molecular flexibility index (Phi) is 5.02. The minimum Gasteiger partial charge on any atom is -0.350 e. The third kappa shape index (κ3) is 3.69. The van der Waals surface area contributed by atoms with E-state index in [1.165, 1.54) is 6.07 Å². The fourth-order valence-corrected chi connectivity index (χ4v) is 2.51. The molecular formula is C17H19N3O4. The molecule has 1 N–H and O–H groups in total. The molecule has 0 spiro atoms. The van der Waals surface area contributed by atoms with Gasteiger partial charge in [0, 0.05) is 24.8 Å². The molecular weight excluding hydrogens is 310 g/mol. The molecule has 1 aliphatic rings. The molecule has 7 heteroatoms. The molecule has 1 aliphatic heterocycles. The highest BCUT2D eigenvalue weighted by molar-refractivity contribution is 5.91. The first-order valence-corrected chi connectivity index (χ1v) is 7.89. The van der Waals surface area contributed by atoms with Gasteiger partial charge in [0.05, 0.1) is 5.69 Å². The zero-order valence-electron chi connectivity index (χ0n) is 13.4. The Morgan fingerprint density at radius 2 is 2.12 bits per heavy atom. The summed E-state index contributed by atoms with van der Waals surface area (Å²) < 4.78 is 6.91. The Morgan fingerprint density at radius 3 is 2.83 bits per heavy atom. The van der Waals surface area contributed by atoms with Crippen LogP contribution in [0.5, 0.6) is 0 Å². The average Bonchev–Trinajstić information content (AvgIpc) is 2.61. The minimum absolute atomic E-state index is 0.222. The number of ether oxygens (including phenoxy) is 1. The quantitative estimate of drug-likeness (QED) is 0.864. The monoisotopic (exact) mass is 329 g/mol. The number of hydroxylamine groups is 1. The number of nitrogens with zero attached hydrogens (tertiary/aromatic N) is 2. The lowest BCUT2D eigenvalue weighted by molar-refractivity contribution is -0.186. The number of aryl methyl sites for hydroxylation is 1. The van der Waals surface area contributed by atoms with Crippen LogP contribution in [0.4, 0.5) is 0 Å². The Bertz CT molecular complexity index is 767. The number of nitrogens with one attached hydrogen (secondary N) is 1. The van der Waals surface area contributed by atoms with Crippen LogP contribution in [0.1, 0.15) is 35.4 Å². The van der Waals surface area contributed by atoms with Crippen molar-refractivity contribution in [1.82, 2.24) is 15.3 Å². The molecule has 1 amide bonds. The second kappa shape index (κ2) is 7.37. The van der Waals surface area contributed by atoms with Gasteiger partial charge >= 0.3 is 0 Å².